The van der Waals surface area contributed by atoms with Crippen molar-refractivity contribution in [3.05, 3.63) is 43.6 Å². The summed E-state index contributed by atoms with van der Waals surface area (Å²) in [6, 6.07) is 4.02. The predicted molar refractivity (Wildman–Crippen MR) is 86.7 cm³/mol. The van der Waals surface area contributed by atoms with E-state index in [0.717, 1.165) is 37.2 Å². The number of rotatable bonds is 4. The average molecular weight is 403 g/mol. The zero-order valence-electron chi connectivity index (χ0n) is 11.7. The SMILES string of the molecule is Cc1cc(Br)cc(CN)c1OCc1c(Br)c(C)nn1C. The third-order valence-corrected chi connectivity index (χ3v) is 4.64. The van der Waals surface area contributed by atoms with Crippen LogP contribution in [-0.4, -0.2) is 9.78 Å². The largest absolute Gasteiger partial charge is 0.487 e. The van der Waals surface area contributed by atoms with Gasteiger partial charge in [-0.2, -0.15) is 5.10 Å². The Morgan fingerprint density at radius 2 is 2.00 bits per heavy atom. The Balaban J connectivity index is 2.27. The molecule has 1 aromatic heterocycles. The minimum absolute atomic E-state index is 0.446. The Hall–Kier alpha value is -0.850. The molecule has 0 atom stereocenters. The summed E-state index contributed by atoms with van der Waals surface area (Å²) >= 11 is 7.02. The van der Waals surface area contributed by atoms with E-state index in [1.807, 2.05) is 37.7 Å². The van der Waals surface area contributed by atoms with E-state index in [1.165, 1.54) is 0 Å². The van der Waals surface area contributed by atoms with Crippen molar-refractivity contribution in [2.75, 3.05) is 0 Å². The van der Waals surface area contributed by atoms with E-state index in [-0.39, 0.29) is 0 Å². The van der Waals surface area contributed by atoms with Gasteiger partial charge in [-0.25, -0.2) is 0 Å². The van der Waals surface area contributed by atoms with Crippen LogP contribution in [0.25, 0.3) is 0 Å². The topological polar surface area (TPSA) is 53.1 Å². The van der Waals surface area contributed by atoms with Crippen molar-refractivity contribution in [1.82, 2.24) is 9.78 Å². The van der Waals surface area contributed by atoms with Crippen LogP contribution in [0.15, 0.2) is 21.1 Å². The van der Waals surface area contributed by atoms with Gasteiger partial charge in [-0.1, -0.05) is 15.9 Å². The standard InChI is InChI=1S/C14H17Br2N3O/c1-8-4-11(15)5-10(6-17)14(8)20-7-12-13(16)9(2)18-19(12)3/h4-5H,6-7,17H2,1-3H3. The lowest BCUT2D eigenvalue weighted by molar-refractivity contribution is 0.289. The summed E-state index contributed by atoms with van der Waals surface area (Å²) in [5.41, 5.74) is 9.81. The molecule has 0 aliphatic carbocycles. The van der Waals surface area contributed by atoms with E-state index in [0.29, 0.717) is 13.2 Å². The first-order valence-corrected chi connectivity index (χ1v) is 7.82. The van der Waals surface area contributed by atoms with Gasteiger partial charge in [0.25, 0.3) is 0 Å². The highest BCUT2D eigenvalue weighted by Crippen LogP contribution is 2.29. The van der Waals surface area contributed by atoms with Gasteiger partial charge < -0.3 is 10.5 Å². The van der Waals surface area contributed by atoms with E-state index in [4.69, 9.17) is 10.5 Å². The first-order chi connectivity index (χ1) is 9.43. The zero-order valence-corrected chi connectivity index (χ0v) is 14.9. The van der Waals surface area contributed by atoms with Gasteiger partial charge in [-0.3, -0.25) is 4.68 Å². The molecular weight excluding hydrogens is 386 g/mol. The number of hydrogen-bond donors (Lipinski definition) is 1. The van der Waals surface area contributed by atoms with Gasteiger partial charge in [0.05, 0.1) is 15.9 Å². The lowest BCUT2D eigenvalue weighted by Crippen LogP contribution is -2.07. The average Bonchev–Trinajstić information content (AvgIpc) is 2.62. The monoisotopic (exact) mass is 401 g/mol. The Morgan fingerprint density at radius 3 is 2.55 bits per heavy atom. The molecule has 4 nitrogen and oxygen atoms in total. The number of ether oxygens (including phenoxy) is 1. The molecule has 1 aromatic carbocycles. The lowest BCUT2D eigenvalue weighted by Gasteiger charge is -2.14. The van der Waals surface area contributed by atoms with Crippen LogP contribution in [0.5, 0.6) is 5.75 Å². The van der Waals surface area contributed by atoms with Crippen LogP contribution in [0.2, 0.25) is 0 Å². The van der Waals surface area contributed by atoms with Crippen LogP contribution < -0.4 is 10.5 Å². The van der Waals surface area contributed by atoms with Crippen LogP contribution in [0.4, 0.5) is 0 Å². The van der Waals surface area contributed by atoms with E-state index in [1.54, 1.807) is 0 Å². The third-order valence-electron chi connectivity index (χ3n) is 3.15. The number of nitrogens with zero attached hydrogens (tertiary/aromatic N) is 2. The van der Waals surface area contributed by atoms with Gasteiger partial charge in [-0.05, 0) is 47.5 Å². The van der Waals surface area contributed by atoms with Crippen LogP contribution in [0.1, 0.15) is 22.5 Å². The van der Waals surface area contributed by atoms with Crippen molar-refractivity contribution in [2.45, 2.75) is 27.0 Å². The number of halogens is 2. The normalized spacial score (nSPS) is 10.9. The Kier molecular flexibility index (Phi) is 4.88. The molecule has 20 heavy (non-hydrogen) atoms. The highest BCUT2D eigenvalue weighted by molar-refractivity contribution is 9.10. The fourth-order valence-corrected chi connectivity index (χ4v) is 3.20. The lowest BCUT2D eigenvalue weighted by atomic mass is 10.1. The van der Waals surface area contributed by atoms with Gasteiger partial charge in [0, 0.05) is 23.6 Å². The summed E-state index contributed by atoms with van der Waals surface area (Å²) in [7, 11) is 1.91. The van der Waals surface area contributed by atoms with E-state index in [2.05, 4.69) is 37.0 Å². The molecule has 0 aliphatic rings. The van der Waals surface area contributed by atoms with E-state index >= 15 is 0 Å². The second-order valence-corrected chi connectivity index (χ2v) is 6.38. The number of hydrogen-bond acceptors (Lipinski definition) is 3. The maximum absolute atomic E-state index is 5.98. The summed E-state index contributed by atoms with van der Waals surface area (Å²) in [5.74, 6) is 0.849. The molecule has 0 amide bonds. The van der Waals surface area contributed by atoms with E-state index in [9.17, 15) is 0 Å². The van der Waals surface area contributed by atoms with Gasteiger partial charge >= 0.3 is 0 Å². The molecule has 0 unspecified atom stereocenters. The minimum Gasteiger partial charge on any atom is -0.487 e. The molecule has 0 bridgehead atoms. The van der Waals surface area contributed by atoms with Crippen molar-refractivity contribution in [3.8, 4) is 5.75 Å². The van der Waals surface area contributed by atoms with Gasteiger partial charge in [-0.15, -0.1) is 0 Å². The zero-order chi connectivity index (χ0) is 14.9. The summed E-state index contributed by atoms with van der Waals surface area (Å²) < 4.78 is 9.82. The predicted octanol–water partition coefficient (Wildman–Crippen LogP) is 3.60. The highest BCUT2D eigenvalue weighted by Gasteiger charge is 2.13. The number of aryl methyl sites for hydroxylation is 3. The quantitative estimate of drug-likeness (QED) is 0.849. The van der Waals surface area contributed by atoms with Crippen LogP contribution in [0.3, 0.4) is 0 Å². The molecule has 0 fully saturated rings. The van der Waals surface area contributed by atoms with Crippen LogP contribution in [-0.2, 0) is 20.2 Å². The first-order valence-electron chi connectivity index (χ1n) is 6.24. The van der Waals surface area contributed by atoms with Crippen molar-refractivity contribution in [2.24, 2.45) is 12.8 Å². The molecule has 0 radical (unpaired) electrons. The molecule has 2 N–H and O–H groups in total. The molecule has 2 aromatic rings. The Morgan fingerprint density at radius 1 is 1.30 bits per heavy atom. The molecular formula is C14H17Br2N3O. The molecule has 0 aliphatic heterocycles. The minimum atomic E-state index is 0.446. The van der Waals surface area contributed by atoms with Gasteiger partial charge in [0.15, 0.2) is 0 Å². The first kappa shape index (κ1) is 15.5. The summed E-state index contributed by atoms with van der Waals surface area (Å²) in [4.78, 5) is 0. The fraction of sp³-hybridized carbons (Fsp3) is 0.357. The smallest absolute Gasteiger partial charge is 0.131 e. The molecule has 1 heterocycles. The highest BCUT2D eigenvalue weighted by atomic mass is 79.9. The van der Waals surface area contributed by atoms with Gasteiger partial charge in [0.2, 0.25) is 0 Å². The second kappa shape index (κ2) is 6.28. The number of nitrogens with two attached hydrogens (primary N) is 1. The molecule has 2 rings (SSSR count). The molecule has 0 spiro atoms. The third kappa shape index (κ3) is 3.07. The van der Waals surface area contributed by atoms with E-state index < -0.39 is 0 Å². The van der Waals surface area contributed by atoms with Crippen LogP contribution in [0, 0.1) is 13.8 Å². The fourth-order valence-electron chi connectivity index (χ4n) is 2.13. The van der Waals surface area contributed by atoms with Crippen molar-refractivity contribution in [3.63, 3.8) is 0 Å². The maximum Gasteiger partial charge on any atom is 0.131 e. The molecule has 0 saturated carbocycles. The number of aromatic nitrogens is 2. The van der Waals surface area contributed by atoms with Crippen molar-refractivity contribution in [1.29, 1.82) is 0 Å². The maximum atomic E-state index is 5.98. The molecule has 108 valence electrons. The number of benzene rings is 1. The van der Waals surface area contributed by atoms with Crippen molar-refractivity contribution < 1.29 is 4.74 Å². The summed E-state index contributed by atoms with van der Waals surface area (Å²) in [6.45, 7) is 4.88. The van der Waals surface area contributed by atoms with Gasteiger partial charge in [0.1, 0.15) is 12.4 Å². The summed E-state index contributed by atoms with van der Waals surface area (Å²) in [6.07, 6.45) is 0. The van der Waals surface area contributed by atoms with Crippen molar-refractivity contribution >= 4 is 31.9 Å². The Bertz CT molecular complexity index is 638. The van der Waals surface area contributed by atoms with Crippen LogP contribution >= 0.6 is 31.9 Å². The Labute approximate surface area is 135 Å². The molecule has 0 saturated heterocycles. The summed E-state index contributed by atoms with van der Waals surface area (Å²) in [5, 5.41) is 4.36. The molecule has 6 heteroatoms. The second-order valence-electron chi connectivity index (χ2n) is 4.67.